The molecule has 0 unspecified atom stereocenters. The van der Waals surface area contributed by atoms with Crippen LogP contribution in [0.15, 0.2) is 23.6 Å². The quantitative estimate of drug-likeness (QED) is 0.758. The maximum atomic E-state index is 6.05. The normalized spacial score (nSPS) is 12.5. The Morgan fingerprint density at radius 2 is 2.42 bits per heavy atom. The van der Waals surface area contributed by atoms with Crippen molar-refractivity contribution in [2.45, 2.75) is 0 Å². The second kappa shape index (κ2) is 4.65. The predicted octanol–water partition coefficient (Wildman–Crippen LogP) is 1.47. The second-order valence-electron chi connectivity index (χ2n) is 2.94. The number of nitrogens with one attached hydrogen (secondary N) is 1. The van der Waals surface area contributed by atoms with E-state index in [-0.39, 0.29) is 0 Å². The summed E-state index contributed by atoms with van der Waals surface area (Å²) in [6.45, 7) is 0.969. The summed E-state index contributed by atoms with van der Waals surface area (Å²) >= 11 is 7.72. The van der Waals surface area contributed by atoms with Gasteiger partial charge < -0.3 is 4.90 Å². The summed E-state index contributed by atoms with van der Waals surface area (Å²) in [5.74, 6) is 0. The molecule has 0 radical (unpaired) electrons. The zero-order chi connectivity index (χ0) is 8.97. The first-order chi connectivity index (χ1) is 5.70. The molecule has 66 valence electrons. The zero-order valence-corrected chi connectivity index (χ0v) is 8.88. The summed E-state index contributed by atoms with van der Waals surface area (Å²) in [6, 6.07) is 4.05. The van der Waals surface area contributed by atoms with Crippen molar-refractivity contribution in [3.8, 4) is 0 Å². The van der Waals surface area contributed by atoms with Gasteiger partial charge in [-0.2, -0.15) is 0 Å². The highest BCUT2D eigenvalue weighted by Gasteiger charge is 1.98. The van der Waals surface area contributed by atoms with E-state index in [0.717, 1.165) is 16.5 Å². The maximum Gasteiger partial charge on any atom is 0.0971 e. The highest BCUT2D eigenvalue weighted by molar-refractivity contribution is 7.12. The van der Waals surface area contributed by atoms with E-state index in [0.29, 0.717) is 0 Å². The van der Waals surface area contributed by atoms with Gasteiger partial charge in [-0.3, -0.25) is 0 Å². The molecule has 0 aliphatic heterocycles. The number of likely N-dealkylation sites (N-methyl/N-ethyl adjacent to an activating group) is 1. The van der Waals surface area contributed by atoms with Crippen LogP contribution in [-0.2, 0) is 0 Å². The van der Waals surface area contributed by atoms with Crippen molar-refractivity contribution in [3.05, 3.63) is 28.5 Å². The molecule has 3 heteroatoms. The molecule has 0 saturated carbocycles. The van der Waals surface area contributed by atoms with Crippen LogP contribution < -0.4 is 4.90 Å². The molecule has 0 atom stereocenters. The number of thiophene rings is 1. The van der Waals surface area contributed by atoms with E-state index in [1.54, 1.807) is 11.3 Å². The molecular weight excluding hydrogens is 190 g/mol. The van der Waals surface area contributed by atoms with Crippen LogP contribution in [0.3, 0.4) is 0 Å². The first kappa shape index (κ1) is 9.78. The van der Waals surface area contributed by atoms with Crippen LogP contribution in [0.1, 0.15) is 4.88 Å². The molecule has 0 fully saturated rings. The van der Waals surface area contributed by atoms with Crippen molar-refractivity contribution in [2.24, 2.45) is 0 Å². The minimum Gasteiger partial charge on any atom is -0.337 e. The van der Waals surface area contributed by atoms with Gasteiger partial charge in [-0.05, 0) is 17.5 Å². The average Bonchev–Trinajstić information content (AvgIpc) is 2.51. The van der Waals surface area contributed by atoms with E-state index < -0.39 is 0 Å². The lowest BCUT2D eigenvalue weighted by Gasteiger charge is -2.02. The van der Waals surface area contributed by atoms with Crippen LogP contribution >= 0.6 is 22.9 Å². The first-order valence-electron chi connectivity index (χ1n) is 3.88. The van der Waals surface area contributed by atoms with Crippen LogP contribution in [0.2, 0.25) is 0 Å². The number of hydrogen-bond donors (Lipinski definition) is 1. The summed E-state index contributed by atoms with van der Waals surface area (Å²) in [7, 11) is 4.21. The zero-order valence-electron chi connectivity index (χ0n) is 7.30. The lowest BCUT2D eigenvalue weighted by atomic mass is 10.4. The van der Waals surface area contributed by atoms with Gasteiger partial charge in [-0.15, -0.1) is 11.3 Å². The highest BCUT2D eigenvalue weighted by atomic mass is 35.5. The Morgan fingerprint density at radius 1 is 1.67 bits per heavy atom. The van der Waals surface area contributed by atoms with Crippen molar-refractivity contribution < 1.29 is 4.90 Å². The third-order valence-corrected chi connectivity index (χ3v) is 2.82. The Hall–Kier alpha value is -0.310. The van der Waals surface area contributed by atoms with Gasteiger partial charge in [0.15, 0.2) is 0 Å². The van der Waals surface area contributed by atoms with Crippen molar-refractivity contribution >= 4 is 28.0 Å². The van der Waals surface area contributed by atoms with Crippen LogP contribution in [-0.4, -0.2) is 20.6 Å². The Kier molecular flexibility index (Phi) is 3.79. The molecule has 1 rings (SSSR count). The fourth-order valence-electron chi connectivity index (χ4n) is 0.809. The molecule has 1 aromatic rings. The molecule has 0 aliphatic carbocycles. The van der Waals surface area contributed by atoms with Crippen molar-refractivity contribution in [1.82, 2.24) is 0 Å². The van der Waals surface area contributed by atoms with E-state index >= 15 is 0 Å². The van der Waals surface area contributed by atoms with Gasteiger partial charge in [0, 0.05) is 4.88 Å². The summed E-state index contributed by atoms with van der Waals surface area (Å²) in [5, 5.41) is 2.90. The summed E-state index contributed by atoms with van der Waals surface area (Å²) in [4.78, 5) is 2.53. The number of quaternary nitrogens is 1. The molecule has 1 heterocycles. The second-order valence-corrected chi connectivity index (χ2v) is 4.30. The third kappa shape index (κ3) is 2.97. The highest BCUT2D eigenvalue weighted by Crippen LogP contribution is 2.22. The predicted molar refractivity (Wildman–Crippen MR) is 55.8 cm³/mol. The van der Waals surface area contributed by atoms with Gasteiger partial charge >= 0.3 is 0 Å². The first-order valence-corrected chi connectivity index (χ1v) is 5.14. The van der Waals surface area contributed by atoms with Gasteiger partial charge in [0.25, 0.3) is 0 Å². The van der Waals surface area contributed by atoms with Crippen LogP contribution in [0.5, 0.6) is 0 Å². The van der Waals surface area contributed by atoms with E-state index in [2.05, 4.69) is 20.2 Å². The Labute approximate surface area is 82.3 Å². The smallest absolute Gasteiger partial charge is 0.0971 e. The molecule has 0 aromatic carbocycles. The molecule has 0 bridgehead atoms. The monoisotopic (exact) mass is 202 g/mol. The standard InChI is InChI=1S/C9H12ClNS/c1-11(2)6-5-8(10)9-4-3-7-12-9/h3-5,7H,6H2,1-2H3/p+1/b8-5-. The molecule has 0 aliphatic rings. The summed E-state index contributed by atoms with van der Waals surface area (Å²) < 4.78 is 0. The van der Waals surface area contributed by atoms with Crippen molar-refractivity contribution in [2.75, 3.05) is 20.6 Å². The maximum absolute atomic E-state index is 6.05. The number of halogens is 1. The van der Waals surface area contributed by atoms with Gasteiger partial charge in [-0.1, -0.05) is 17.7 Å². The van der Waals surface area contributed by atoms with E-state index in [1.807, 2.05) is 17.5 Å². The van der Waals surface area contributed by atoms with Crippen molar-refractivity contribution in [3.63, 3.8) is 0 Å². The van der Waals surface area contributed by atoms with E-state index in [9.17, 15) is 0 Å². The lowest BCUT2D eigenvalue weighted by molar-refractivity contribution is -0.851. The van der Waals surface area contributed by atoms with Crippen LogP contribution in [0.25, 0.3) is 5.03 Å². The molecule has 0 amide bonds. The third-order valence-electron chi connectivity index (χ3n) is 1.45. The number of rotatable bonds is 3. The molecule has 1 N–H and O–H groups in total. The Bertz CT molecular complexity index is 252. The molecule has 1 nitrogen and oxygen atoms in total. The largest absolute Gasteiger partial charge is 0.337 e. The fraction of sp³-hybridized carbons (Fsp3) is 0.333. The summed E-state index contributed by atoms with van der Waals surface area (Å²) in [6.07, 6.45) is 2.06. The molecule has 0 saturated heterocycles. The summed E-state index contributed by atoms with van der Waals surface area (Å²) in [5.41, 5.74) is 0. The topological polar surface area (TPSA) is 4.44 Å². The van der Waals surface area contributed by atoms with Crippen LogP contribution in [0, 0.1) is 0 Å². The van der Waals surface area contributed by atoms with Crippen molar-refractivity contribution in [1.29, 1.82) is 0 Å². The number of hydrogen-bond acceptors (Lipinski definition) is 1. The lowest BCUT2D eigenvalue weighted by Crippen LogP contribution is -3.05. The van der Waals surface area contributed by atoms with Gasteiger partial charge in [-0.25, -0.2) is 0 Å². The fourth-order valence-corrected chi connectivity index (χ4v) is 1.74. The van der Waals surface area contributed by atoms with E-state index in [1.165, 1.54) is 4.90 Å². The molecule has 12 heavy (non-hydrogen) atoms. The molecular formula is C9H13ClNS+. The Balaban J connectivity index is 2.59. The Morgan fingerprint density at radius 3 is 2.92 bits per heavy atom. The van der Waals surface area contributed by atoms with Gasteiger partial charge in [0.2, 0.25) is 0 Å². The van der Waals surface area contributed by atoms with Crippen LogP contribution in [0.4, 0.5) is 0 Å². The molecule has 1 aromatic heterocycles. The van der Waals surface area contributed by atoms with Gasteiger partial charge in [0.1, 0.15) is 0 Å². The van der Waals surface area contributed by atoms with E-state index in [4.69, 9.17) is 11.6 Å². The minimum atomic E-state index is 0.867. The average molecular weight is 203 g/mol. The SMILES string of the molecule is C[NH+](C)C/C=C(\Cl)c1cccs1. The minimum absolute atomic E-state index is 0.867. The van der Waals surface area contributed by atoms with Gasteiger partial charge in [0.05, 0.1) is 25.7 Å². The molecule has 0 spiro atoms.